The van der Waals surface area contributed by atoms with Crippen LogP contribution in [0.5, 0.6) is 0 Å². The Kier molecular flexibility index (Phi) is 4.92. The number of benzene rings is 1. The van der Waals surface area contributed by atoms with Crippen molar-refractivity contribution < 1.29 is 4.79 Å². The van der Waals surface area contributed by atoms with Crippen molar-refractivity contribution in [2.24, 2.45) is 5.92 Å². The summed E-state index contributed by atoms with van der Waals surface area (Å²) in [6.45, 7) is 10.9. The highest BCUT2D eigenvalue weighted by Crippen LogP contribution is 2.29. The molecule has 1 aromatic rings. The summed E-state index contributed by atoms with van der Waals surface area (Å²) in [5.41, 5.74) is 2.48. The van der Waals surface area contributed by atoms with E-state index in [1.165, 1.54) is 24.0 Å². The monoisotopic (exact) mass is 288 g/mol. The maximum atomic E-state index is 12.3. The maximum absolute atomic E-state index is 12.3. The number of nitrogens with zero attached hydrogens (tertiary/aromatic N) is 1. The molecule has 3 nitrogen and oxygen atoms in total. The quantitative estimate of drug-likeness (QED) is 0.850. The molecule has 0 bridgehead atoms. The van der Waals surface area contributed by atoms with Gasteiger partial charge in [-0.05, 0) is 38.2 Å². The molecule has 3 heteroatoms. The van der Waals surface area contributed by atoms with Crippen molar-refractivity contribution in [3.8, 4) is 0 Å². The topological polar surface area (TPSA) is 32.3 Å². The van der Waals surface area contributed by atoms with Gasteiger partial charge in [-0.25, -0.2) is 4.79 Å². The van der Waals surface area contributed by atoms with Gasteiger partial charge in [-0.3, -0.25) is 0 Å². The minimum absolute atomic E-state index is 0.0549. The second-order valence-electron chi connectivity index (χ2n) is 6.89. The molecule has 2 amide bonds. The molecule has 1 fully saturated rings. The number of aryl methyl sites for hydroxylation is 1. The number of rotatable bonds is 6. The highest BCUT2D eigenvalue weighted by molar-refractivity contribution is 5.74. The predicted molar refractivity (Wildman–Crippen MR) is 87.6 cm³/mol. The standard InChI is InChI=1S/C18H28N2O/c1-5-20(12-15-9-10-15)17(21)19-13-18(3,4)16-8-6-7-14(2)11-16/h6-8,11,15H,5,9-10,12-13H2,1-4H3,(H,19,21). The Labute approximate surface area is 128 Å². The van der Waals surface area contributed by atoms with Crippen molar-refractivity contribution in [3.63, 3.8) is 0 Å². The highest BCUT2D eigenvalue weighted by atomic mass is 16.2. The first-order chi connectivity index (χ1) is 9.92. The summed E-state index contributed by atoms with van der Waals surface area (Å²) < 4.78 is 0. The van der Waals surface area contributed by atoms with E-state index >= 15 is 0 Å². The van der Waals surface area contributed by atoms with Crippen molar-refractivity contribution in [1.82, 2.24) is 10.2 Å². The summed E-state index contributed by atoms with van der Waals surface area (Å²) in [6, 6.07) is 8.60. The van der Waals surface area contributed by atoms with Gasteiger partial charge in [0.25, 0.3) is 0 Å². The number of hydrogen-bond acceptors (Lipinski definition) is 1. The molecule has 0 aliphatic heterocycles. The molecule has 0 atom stereocenters. The van der Waals surface area contributed by atoms with E-state index in [4.69, 9.17) is 0 Å². The third-order valence-electron chi connectivity index (χ3n) is 4.33. The van der Waals surface area contributed by atoms with Crippen LogP contribution in [0.3, 0.4) is 0 Å². The average molecular weight is 288 g/mol. The molecule has 1 N–H and O–H groups in total. The number of amides is 2. The summed E-state index contributed by atoms with van der Waals surface area (Å²) in [7, 11) is 0. The van der Waals surface area contributed by atoms with Crippen LogP contribution >= 0.6 is 0 Å². The lowest BCUT2D eigenvalue weighted by Crippen LogP contribution is -2.45. The van der Waals surface area contributed by atoms with Crippen LogP contribution < -0.4 is 5.32 Å². The second-order valence-corrected chi connectivity index (χ2v) is 6.89. The van der Waals surface area contributed by atoms with Gasteiger partial charge in [0.15, 0.2) is 0 Å². The summed E-state index contributed by atoms with van der Waals surface area (Å²) in [4.78, 5) is 14.2. The van der Waals surface area contributed by atoms with Gasteiger partial charge in [0, 0.05) is 25.0 Å². The first kappa shape index (κ1) is 15.9. The Balaban J connectivity index is 1.92. The lowest BCUT2D eigenvalue weighted by molar-refractivity contribution is 0.196. The number of carbonyl (C=O) groups is 1. The van der Waals surface area contributed by atoms with E-state index in [-0.39, 0.29) is 11.4 Å². The Morgan fingerprint density at radius 1 is 1.38 bits per heavy atom. The zero-order chi connectivity index (χ0) is 15.5. The van der Waals surface area contributed by atoms with Crippen LogP contribution in [0.1, 0.15) is 44.7 Å². The fraction of sp³-hybridized carbons (Fsp3) is 0.611. The van der Waals surface area contributed by atoms with E-state index in [0.29, 0.717) is 6.54 Å². The van der Waals surface area contributed by atoms with Gasteiger partial charge in [-0.15, -0.1) is 0 Å². The molecule has 0 saturated heterocycles. The Morgan fingerprint density at radius 3 is 2.67 bits per heavy atom. The van der Waals surface area contributed by atoms with Crippen molar-refractivity contribution in [2.75, 3.05) is 19.6 Å². The maximum Gasteiger partial charge on any atom is 0.317 e. The van der Waals surface area contributed by atoms with Crippen LogP contribution in [0.25, 0.3) is 0 Å². The predicted octanol–water partition coefficient (Wildman–Crippen LogP) is 3.71. The summed E-state index contributed by atoms with van der Waals surface area (Å²) in [6.07, 6.45) is 2.55. The van der Waals surface area contributed by atoms with Gasteiger partial charge in [-0.1, -0.05) is 43.7 Å². The average Bonchev–Trinajstić information content (AvgIpc) is 3.26. The van der Waals surface area contributed by atoms with Gasteiger partial charge in [-0.2, -0.15) is 0 Å². The summed E-state index contributed by atoms with van der Waals surface area (Å²) in [5, 5.41) is 3.11. The van der Waals surface area contributed by atoms with Crippen molar-refractivity contribution >= 4 is 6.03 Å². The Morgan fingerprint density at radius 2 is 2.10 bits per heavy atom. The van der Waals surface area contributed by atoms with Gasteiger partial charge in [0.2, 0.25) is 0 Å². The zero-order valence-electron chi connectivity index (χ0n) is 13.8. The summed E-state index contributed by atoms with van der Waals surface area (Å²) in [5.74, 6) is 0.737. The SMILES string of the molecule is CCN(CC1CC1)C(=O)NCC(C)(C)c1cccc(C)c1. The van der Waals surface area contributed by atoms with E-state index in [2.05, 4.69) is 50.4 Å². The van der Waals surface area contributed by atoms with Crippen LogP contribution in [-0.2, 0) is 5.41 Å². The van der Waals surface area contributed by atoms with E-state index in [0.717, 1.165) is 19.0 Å². The number of hydrogen-bond donors (Lipinski definition) is 1. The molecular weight excluding hydrogens is 260 g/mol. The van der Waals surface area contributed by atoms with Crippen LogP contribution in [0.2, 0.25) is 0 Å². The lowest BCUT2D eigenvalue weighted by Gasteiger charge is -2.28. The lowest BCUT2D eigenvalue weighted by atomic mass is 9.84. The normalized spacial score (nSPS) is 14.9. The zero-order valence-corrected chi connectivity index (χ0v) is 13.8. The fourth-order valence-corrected chi connectivity index (χ4v) is 2.54. The van der Waals surface area contributed by atoms with Crippen LogP contribution in [0.15, 0.2) is 24.3 Å². The molecule has 0 radical (unpaired) electrons. The first-order valence-electron chi connectivity index (χ1n) is 8.02. The van der Waals surface area contributed by atoms with E-state index in [9.17, 15) is 4.79 Å². The third-order valence-corrected chi connectivity index (χ3v) is 4.33. The van der Waals surface area contributed by atoms with Gasteiger partial charge >= 0.3 is 6.03 Å². The second kappa shape index (κ2) is 6.50. The molecule has 1 aliphatic carbocycles. The van der Waals surface area contributed by atoms with Crippen LogP contribution in [-0.4, -0.2) is 30.6 Å². The van der Waals surface area contributed by atoms with Crippen molar-refractivity contribution in [2.45, 2.75) is 46.0 Å². The molecule has 2 rings (SSSR count). The van der Waals surface area contributed by atoms with Crippen molar-refractivity contribution in [3.05, 3.63) is 35.4 Å². The number of nitrogens with one attached hydrogen (secondary N) is 1. The Bertz CT molecular complexity index is 492. The van der Waals surface area contributed by atoms with Gasteiger partial charge < -0.3 is 10.2 Å². The minimum Gasteiger partial charge on any atom is -0.337 e. The number of carbonyl (C=O) groups excluding carboxylic acids is 1. The van der Waals surface area contributed by atoms with Crippen LogP contribution in [0.4, 0.5) is 4.79 Å². The highest BCUT2D eigenvalue weighted by Gasteiger charge is 2.27. The molecule has 0 unspecified atom stereocenters. The van der Waals surface area contributed by atoms with Crippen molar-refractivity contribution in [1.29, 1.82) is 0 Å². The van der Waals surface area contributed by atoms with E-state index in [1.54, 1.807) is 0 Å². The van der Waals surface area contributed by atoms with E-state index < -0.39 is 0 Å². The molecule has 1 saturated carbocycles. The molecule has 116 valence electrons. The van der Waals surface area contributed by atoms with Gasteiger partial charge in [0.1, 0.15) is 0 Å². The molecule has 1 aliphatic rings. The smallest absolute Gasteiger partial charge is 0.317 e. The van der Waals surface area contributed by atoms with Crippen LogP contribution in [0, 0.1) is 12.8 Å². The fourth-order valence-electron chi connectivity index (χ4n) is 2.54. The Hall–Kier alpha value is -1.51. The summed E-state index contributed by atoms with van der Waals surface area (Å²) >= 11 is 0. The van der Waals surface area contributed by atoms with E-state index in [1.807, 2.05) is 11.8 Å². The molecule has 1 aromatic carbocycles. The molecule has 0 heterocycles. The number of urea groups is 1. The molecule has 0 aromatic heterocycles. The minimum atomic E-state index is -0.0549. The van der Waals surface area contributed by atoms with Gasteiger partial charge in [0.05, 0.1) is 0 Å². The molecule has 21 heavy (non-hydrogen) atoms. The largest absolute Gasteiger partial charge is 0.337 e. The first-order valence-corrected chi connectivity index (χ1v) is 8.02. The molecule has 0 spiro atoms. The molecular formula is C18H28N2O. The third kappa shape index (κ3) is 4.48.